The maximum absolute atomic E-state index is 13.5. The van der Waals surface area contributed by atoms with Gasteiger partial charge in [-0.3, -0.25) is 14.9 Å². The van der Waals surface area contributed by atoms with Gasteiger partial charge in [0, 0.05) is 47.9 Å². The lowest BCUT2D eigenvalue weighted by atomic mass is 9.86. The lowest BCUT2D eigenvalue weighted by molar-refractivity contribution is -0.138. The number of alkyl halides is 3. The van der Waals surface area contributed by atoms with Crippen LogP contribution in [0.25, 0.3) is 11.4 Å². The SMILES string of the molecule is CN1CCC(Nc2cccc(C(=O)NC(C#N)c3ccccc3C(F)(F)F)c2)(c2nc(-c3ccncc3)n[nH]2)CC1. The number of anilines is 1. The highest BCUT2D eigenvalue weighted by Gasteiger charge is 2.39. The third-order valence-corrected chi connectivity index (χ3v) is 7.21. The Morgan fingerprint density at radius 1 is 1.10 bits per heavy atom. The maximum atomic E-state index is 13.5. The van der Waals surface area contributed by atoms with E-state index >= 15 is 0 Å². The Morgan fingerprint density at radius 2 is 1.83 bits per heavy atom. The van der Waals surface area contributed by atoms with Gasteiger partial charge in [-0.25, -0.2) is 4.98 Å². The fraction of sp³-hybridized carbons (Fsp3) is 0.276. The Hall–Kier alpha value is -4.76. The van der Waals surface area contributed by atoms with Crippen molar-refractivity contribution in [3.8, 4) is 17.5 Å². The Kier molecular flexibility index (Phi) is 7.72. The van der Waals surface area contributed by atoms with Crippen LogP contribution in [0.3, 0.4) is 0 Å². The third-order valence-electron chi connectivity index (χ3n) is 7.21. The zero-order chi connectivity index (χ0) is 29.0. The number of aromatic amines is 1. The molecule has 12 heteroatoms. The first-order valence-corrected chi connectivity index (χ1v) is 13.0. The fourth-order valence-electron chi connectivity index (χ4n) is 4.94. The van der Waals surface area contributed by atoms with Crippen LogP contribution in [0.2, 0.25) is 0 Å². The van der Waals surface area contributed by atoms with E-state index in [1.807, 2.05) is 19.2 Å². The first-order valence-electron chi connectivity index (χ1n) is 13.0. The number of aromatic nitrogens is 4. The van der Waals surface area contributed by atoms with Gasteiger partial charge in [0.15, 0.2) is 11.6 Å². The molecular weight excluding hydrogens is 533 g/mol. The van der Waals surface area contributed by atoms with Crippen LogP contribution in [0.4, 0.5) is 18.9 Å². The number of likely N-dealkylation sites (tertiary alicyclic amines) is 1. The highest BCUT2D eigenvalue weighted by Crippen LogP contribution is 2.36. The minimum atomic E-state index is -4.67. The molecule has 4 aromatic rings. The average Bonchev–Trinajstić information content (AvgIpc) is 3.49. The van der Waals surface area contributed by atoms with Gasteiger partial charge in [-0.1, -0.05) is 24.3 Å². The first kappa shape index (κ1) is 27.8. The highest BCUT2D eigenvalue weighted by atomic mass is 19.4. The van der Waals surface area contributed by atoms with Crippen LogP contribution in [0, 0.1) is 11.3 Å². The molecule has 5 rings (SSSR count). The summed E-state index contributed by atoms with van der Waals surface area (Å²) in [6.45, 7) is 1.59. The standard InChI is InChI=1S/C29H27F3N8O/c1-40-15-11-28(12-16-40,27-36-25(38-39-27)19-9-13-34-14-10-19)37-21-6-4-5-20(17-21)26(41)35-24(18-33)22-7-2-3-8-23(22)29(30,31)32/h2-10,13-14,17,24,37H,11-12,15-16H2,1H3,(H,35,41)(H,36,38,39). The van der Waals surface area contributed by atoms with Crippen LogP contribution in [0.1, 0.15) is 46.2 Å². The lowest BCUT2D eigenvalue weighted by Gasteiger charge is -2.40. The number of benzene rings is 2. The molecule has 1 unspecified atom stereocenters. The molecule has 2 aromatic heterocycles. The van der Waals surface area contributed by atoms with E-state index in [1.54, 1.807) is 42.7 Å². The second kappa shape index (κ2) is 11.4. The molecule has 0 spiro atoms. The number of hydrogen-bond acceptors (Lipinski definition) is 7. The van der Waals surface area contributed by atoms with E-state index < -0.39 is 29.2 Å². The van der Waals surface area contributed by atoms with Gasteiger partial charge in [-0.05, 0) is 56.3 Å². The van der Waals surface area contributed by atoms with Crippen molar-refractivity contribution in [2.24, 2.45) is 0 Å². The van der Waals surface area contributed by atoms with Crippen LogP contribution in [-0.2, 0) is 11.7 Å². The van der Waals surface area contributed by atoms with Crippen LogP contribution in [0.15, 0.2) is 73.1 Å². The summed E-state index contributed by atoms with van der Waals surface area (Å²) in [5.74, 6) is 0.520. The molecule has 0 saturated carbocycles. The van der Waals surface area contributed by atoms with Gasteiger partial charge < -0.3 is 15.5 Å². The zero-order valence-corrected chi connectivity index (χ0v) is 22.1. The normalized spacial score (nSPS) is 16.0. The molecule has 41 heavy (non-hydrogen) atoms. The van der Waals surface area contributed by atoms with Crippen molar-refractivity contribution in [3.05, 3.63) is 95.6 Å². The number of amides is 1. The molecule has 1 saturated heterocycles. The van der Waals surface area contributed by atoms with Gasteiger partial charge in [-0.15, -0.1) is 0 Å². The molecule has 1 amide bonds. The molecule has 9 nitrogen and oxygen atoms in total. The van der Waals surface area contributed by atoms with E-state index in [-0.39, 0.29) is 11.1 Å². The average molecular weight is 561 g/mol. The van der Waals surface area contributed by atoms with E-state index in [9.17, 15) is 23.2 Å². The molecule has 0 aliphatic carbocycles. The Balaban J connectivity index is 1.40. The summed E-state index contributed by atoms with van der Waals surface area (Å²) >= 11 is 0. The van der Waals surface area contributed by atoms with Crippen LogP contribution < -0.4 is 10.6 Å². The molecule has 2 aromatic carbocycles. The molecule has 1 atom stereocenters. The number of nitrogens with zero attached hydrogens (tertiary/aromatic N) is 5. The van der Waals surface area contributed by atoms with Gasteiger partial charge in [0.25, 0.3) is 5.91 Å². The number of nitriles is 1. The molecule has 0 bridgehead atoms. The van der Waals surface area contributed by atoms with Gasteiger partial charge in [0.2, 0.25) is 0 Å². The highest BCUT2D eigenvalue weighted by molar-refractivity contribution is 5.95. The molecular formula is C29H27F3N8O. The molecule has 1 aliphatic heterocycles. The summed E-state index contributed by atoms with van der Waals surface area (Å²) in [4.78, 5) is 24.2. The molecule has 3 N–H and O–H groups in total. The predicted molar refractivity (Wildman–Crippen MR) is 145 cm³/mol. The van der Waals surface area contributed by atoms with E-state index in [0.29, 0.717) is 30.2 Å². The number of halogens is 3. The minimum Gasteiger partial charge on any atom is -0.373 e. The summed E-state index contributed by atoms with van der Waals surface area (Å²) in [6, 6.07) is 15.3. The monoisotopic (exact) mass is 560 g/mol. The molecule has 1 fully saturated rings. The topological polar surface area (TPSA) is 123 Å². The number of piperidine rings is 1. The number of carbonyl (C=O) groups excluding carboxylic acids is 1. The fourth-order valence-corrected chi connectivity index (χ4v) is 4.94. The van der Waals surface area contributed by atoms with Crippen molar-refractivity contribution in [2.45, 2.75) is 30.6 Å². The zero-order valence-electron chi connectivity index (χ0n) is 22.1. The predicted octanol–water partition coefficient (Wildman–Crippen LogP) is 4.91. The minimum absolute atomic E-state index is 0.192. The summed E-state index contributed by atoms with van der Waals surface area (Å²) < 4.78 is 40.6. The number of H-pyrrole nitrogens is 1. The molecule has 210 valence electrons. The Bertz CT molecular complexity index is 1560. The van der Waals surface area contributed by atoms with Crippen LogP contribution >= 0.6 is 0 Å². The molecule has 1 aliphatic rings. The number of pyridine rings is 1. The van der Waals surface area contributed by atoms with Crippen LogP contribution in [0.5, 0.6) is 0 Å². The van der Waals surface area contributed by atoms with E-state index in [4.69, 9.17) is 4.98 Å². The van der Waals surface area contributed by atoms with E-state index in [0.717, 1.165) is 24.7 Å². The van der Waals surface area contributed by atoms with Gasteiger partial charge >= 0.3 is 6.18 Å². The largest absolute Gasteiger partial charge is 0.416 e. The van der Waals surface area contributed by atoms with Crippen LogP contribution in [-0.4, -0.2) is 51.1 Å². The first-order chi connectivity index (χ1) is 19.7. The lowest BCUT2D eigenvalue weighted by Crippen LogP contribution is -2.46. The second-order valence-corrected chi connectivity index (χ2v) is 9.96. The summed E-state index contributed by atoms with van der Waals surface area (Å²) in [7, 11) is 2.04. The van der Waals surface area contributed by atoms with Crippen molar-refractivity contribution in [3.63, 3.8) is 0 Å². The third kappa shape index (κ3) is 6.05. The molecule has 3 heterocycles. The van der Waals surface area contributed by atoms with Crippen molar-refractivity contribution in [2.75, 3.05) is 25.5 Å². The quantitative estimate of drug-likeness (QED) is 0.293. The van der Waals surface area contributed by atoms with Gasteiger partial charge in [-0.2, -0.15) is 23.5 Å². The number of nitrogens with one attached hydrogen (secondary N) is 3. The van der Waals surface area contributed by atoms with Crippen molar-refractivity contribution in [1.29, 1.82) is 5.26 Å². The maximum Gasteiger partial charge on any atom is 0.416 e. The number of hydrogen-bond donors (Lipinski definition) is 3. The van der Waals surface area contributed by atoms with Crippen molar-refractivity contribution in [1.82, 2.24) is 30.4 Å². The van der Waals surface area contributed by atoms with Crippen molar-refractivity contribution >= 4 is 11.6 Å². The van der Waals surface area contributed by atoms with E-state index in [1.165, 1.54) is 18.2 Å². The molecule has 0 radical (unpaired) electrons. The summed E-state index contributed by atoms with van der Waals surface area (Å²) in [5.41, 5.74) is -0.259. The van der Waals surface area contributed by atoms with E-state index in [2.05, 4.69) is 30.7 Å². The second-order valence-electron chi connectivity index (χ2n) is 9.96. The van der Waals surface area contributed by atoms with Gasteiger partial charge in [0.05, 0.1) is 17.2 Å². The summed E-state index contributed by atoms with van der Waals surface area (Å²) in [6.07, 6.45) is 0.0834. The Labute approximate surface area is 234 Å². The number of rotatable bonds is 7. The van der Waals surface area contributed by atoms with Gasteiger partial charge in [0.1, 0.15) is 6.04 Å². The van der Waals surface area contributed by atoms with Crippen molar-refractivity contribution < 1.29 is 18.0 Å². The smallest absolute Gasteiger partial charge is 0.373 e. The Morgan fingerprint density at radius 3 is 2.54 bits per heavy atom. The number of carbonyl (C=O) groups is 1. The summed E-state index contributed by atoms with van der Waals surface area (Å²) in [5, 5.41) is 23.1.